The van der Waals surface area contributed by atoms with Gasteiger partial charge in [-0.05, 0) is 69.1 Å². The molecule has 1 aromatic heterocycles. The molecule has 2 aromatic rings. The highest BCUT2D eigenvalue weighted by atomic mass is 19.4. The Morgan fingerprint density at radius 1 is 1.21 bits per heavy atom. The van der Waals surface area contributed by atoms with Crippen LogP contribution in [0.3, 0.4) is 0 Å². The minimum Gasteiger partial charge on any atom is -0.478 e. The quantitative estimate of drug-likeness (QED) is 0.181. The van der Waals surface area contributed by atoms with E-state index in [0.717, 1.165) is 51.1 Å². The van der Waals surface area contributed by atoms with Crippen LogP contribution in [-0.2, 0) is 14.3 Å². The maximum absolute atomic E-state index is 13.2. The summed E-state index contributed by atoms with van der Waals surface area (Å²) in [4.78, 5) is 24.7. The molecule has 14 heteroatoms. The highest BCUT2D eigenvalue weighted by molar-refractivity contribution is 5.92. The highest BCUT2D eigenvalue weighted by Gasteiger charge is 2.32. The first-order valence-electron chi connectivity index (χ1n) is 14.1. The van der Waals surface area contributed by atoms with Gasteiger partial charge in [0.25, 0.3) is 0 Å². The molecule has 0 radical (unpaired) electrons. The lowest BCUT2D eigenvalue weighted by atomic mass is 10.1. The fourth-order valence-corrected chi connectivity index (χ4v) is 4.60. The third kappa shape index (κ3) is 10.1. The van der Waals surface area contributed by atoms with E-state index < -0.39 is 18.1 Å². The summed E-state index contributed by atoms with van der Waals surface area (Å²) in [6.45, 7) is 6.20. The molecule has 2 aliphatic heterocycles. The summed E-state index contributed by atoms with van der Waals surface area (Å²) in [7, 11) is 2.01. The lowest BCUT2D eigenvalue weighted by Gasteiger charge is -2.34. The van der Waals surface area contributed by atoms with Crippen LogP contribution in [0.1, 0.15) is 31.9 Å². The van der Waals surface area contributed by atoms with E-state index in [1.165, 1.54) is 24.5 Å². The standard InChI is InChI=1S/C29H37F3N6O5/c1-20(17-21(27(39)40)19-33-10-16-42-26-5-3-4-15-41-26)23-8-9-34-28(35-23)36-24-18-22(38-13-11-37(2)12-14-38)6-7-25(24)43-29(30,31)32/h6-9,17-19,26,33H,3-5,10-16H2,1-2H3,(H,39,40)(H,34,35,36)/b20-17+,21-19+. The fourth-order valence-electron chi connectivity index (χ4n) is 4.60. The van der Waals surface area contributed by atoms with E-state index in [0.29, 0.717) is 31.0 Å². The van der Waals surface area contributed by atoms with Crippen LogP contribution in [0, 0.1) is 0 Å². The second-order valence-electron chi connectivity index (χ2n) is 10.3. The molecule has 2 fully saturated rings. The van der Waals surface area contributed by atoms with E-state index in [1.807, 2.05) is 7.05 Å². The van der Waals surface area contributed by atoms with Gasteiger partial charge in [0.15, 0.2) is 12.0 Å². The highest BCUT2D eigenvalue weighted by Crippen LogP contribution is 2.35. The van der Waals surface area contributed by atoms with Gasteiger partial charge in [-0.1, -0.05) is 0 Å². The molecule has 43 heavy (non-hydrogen) atoms. The van der Waals surface area contributed by atoms with Gasteiger partial charge in [-0.15, -0.1) is 13.2 Å². The summed E-state index contributed by atoms with van der Waals surface area (Å²) >= 11 is 0. The van der Waals surface area contributed by atoms with Crippen LogP contribution in [0.2, 0.25) is 0 Å². The van der Waals surface area contributed by atoms with Crippen molar-refractivity contribution in [1.82, 2.24) is 20.2 Å². The summed E-state index contributed by atoms with van der Waals surface area (Å²) in [5.74, 6) is -1.55. The van der Waals surface area contributed by atoms with E-state index in [4.69, 9.17) is 9.47 Å². The van der Waals surface area contributed by atoms with Crippen LogP contribution in [0.25, 0.3) is 5.57 Å². The van der Waals surface area contributed by atoms with Gasteiger partial charge in [0, 0.05) is 57.4 Å². The first kappa shape index (κ1) is 32.0. The number of allylic oxidation sites excluding steroid dienone is 1. The number of anilines is 3. The van der Waals surface area contributed by atoms with E-state index in [2.05, 4.69) is 35.1 Å². The largest absolute Gasteiger partial charge is 0.573 e. The topological polar surface area (TPSA) is 121 Å². The first-order chi connectivity index (χ1) is 20.6. The second kappa shape index (κ2) is 15.0. The first-order valence-corrected chi connectivity index (χ1v) is 14.1. The smallest absolute Gasteiger partial charge is 0.478 e. The number of likely N-dealkylation sites (N-methyl/N-ethyl adjacent to an activating group) is 1. The van der Waals surface area contributed by atoms with Crippen LogP contribution >= 0.6 is 0 Å². The van der Waals surface area contributed by atoms with Crippen molar-refractivity contribution in [2.75, 3.05) is 63.2 Å². The average molecular weight is 607 g/mol. The lowest BCUT2D eigenvalue weighted by molar-refractivity contribution is -0.274. The molecular formula is C29H37F3N6O5. The number of nitrogens with zero attached hydrogens (tertiary/aromatic N) is 4. The van der Waals surface area contributed by atoms with Crippen LogP contribution in [0.4, 0.5) is 30.5 Å². The Hall–Kier alpha value is -3.88. The van der Waals surface area contributed by atoms with Crippen molar-refractivity contribution >= 4 is 28.9 Å². The van der Waals surface area contributed by atoms with Gasteiger partial charge >= 0.3 is 12.3 Å². The number of halogens is 3. The Morgan fingerprint density at radius 2 is 2.00 bits per heavy atom. The zero-order valence-electron chi connectivity index (χ0n) is 24.2. The van der Waals surface area contributed by atoms with Gasteiger partial charge in [0.2, 0.25) is 5.95 Å². The third-order valence-electron chi connectivity index (χ3n) is 6.93. The van der Waals surface area contributed by atoms with E-state index in [-0.39, 0.29) is 23.5 Å². The normalized spacial score (nSPS) is 18.8. The van der Waals surface area contributed by atoms with Gasteiger partial charge < -0.3 is 39.8 Å². The van der Waals surface area contributed by atoms with Crippen molar-refractivity contribution in [1.29, 1.82) is 0 Å². The molecule has 0 bridgehead atoms. The Balaban J connectivity index is 1.46. The number of aromatic nitrogens is 2. The number of ether oxygens (including phenoxy) is 3. The van der Waals surface area contributed by atoms with Crippen LogP contribution in [-0.4, -0.2) is 91.6 Å². The van der Waals surface area contributed by atoms with E-state index in [9.17, 15) is 23.1 Å². The SMILES string of the molecule is C/C(=C\C(=C/NCCOC1CCCCO1)C(=O)O)c1ccnc(Nc2cc(N3CCN(C)CC3)ccc2OC(F)(F)F)n1. The van der Waals surface area contributed by atoms with Gasteiger partial charge in [-0.3, -0.25) is 0 Å². The molecule has 0 saturated carbocycles. The predicted molar refractivity (Wildman–Crippen MR) is 155 cm³/mol. The summed E-state index contributed by atoms with van der Waals surface area (Å²) in [6.07, 6.45) is 2.05. The molecule has 2 saturated heterocycles. The van der Waals surface area contributed by atoms with Crippen molar-refractivity contribution in [3.63, 3.8) is 0 Å². The zero-order chi connectivity index (χ0) is 30.8. The van der Waals surface area contributed by atoms with Crippen molar-refractivity contribution in [3.05, 3.63) is 54.0 Å². The Labute approximate surface area is 248 Å². The number of nitrogens with one attached hydrogen (secondary N) is 2. The van der Waals surface area contributed by atoms with E-state index >= 15 is 0 Å². The lowest BCUT2D eigenvalue weighted by Crippen LogP contribution is -2.44. The summed E-state index contributed by atoms with van der Waals surface area (Å²) in [6, 6.07) is 6.01. The number of piperazine rings is 1. The number of hydrogen-bond donors (Lipinski definition) is 3. The molecule has 1 unspecified atom stereocenters. The molecule has 0 aliphatic carbocycles. The number of carboxylic acid groups (broad SMARTS) is 1. The summed E-state index contributed by atoms with van der Waals surface area (Å²) < 4.78 is 54.9. The fraction of sp³-hybridized carbons (Fsp3) is 0.483. The molecular weight excluding hydrogens is 569 g/mol. The van der Waals surface area contributed by atoms with Crippen LogP contribution in [0.5, 0.6) is 5.75 Å². The molecule has 3 heterocycles. The van der Waals surface area contributed by atoms with Crippen molar-refractivity contribution < 1.29 is 37.3 Å². The molecule has 3 N–H and O–H groups in total. The maximum Gasteiger partial charge on any atom is 0.573 e. The minimum absolute atomic E-state index is 0.0136. The molecule has 4 rings (SSSR count). The Kier molecular flexibility index (Phi) is 11.2. The number of aliphatic carboxylic acids is 1. The molecule has 1 atom stereocenters. The van der Waals surface area contributed by atoms with Crippen LogP contribution < -0.4 is 20.3 Å². The van der Waals surface area contributed by atoms with Crippen molar-refractivity contribution in [2.24, 2.45) is 0 Å². The number of benzene rings is 1. The molecule has 0 spiro atoms. The molecule has 234 valence electrons. The Morgan fingerprint density at radius 3 is 2.70 bits per heavy atom. The minimum atomic E-state index is -4.89. The number of hydrogen-bond acceptors (Lipinski definition) is 10. The number of alkyl halides is 3. The number of carboxylic acids is 1. The zero-order valence-corrected chi connectivity index (χ0v) is 24.2. The molecule has 2 aliphatic rings. The second-order valence-corrected chi connectivity index (χ2v) is 10.3. The molecule has 1 aromatic carbocycles. The van der Waals surface area contributed by atoms with Gasteiger partial charge in [0.05, 0.1) is 23.6 Å². The third-order valence-corrected chi connectivity index (χ3v) is 6.93. The van der Waals surface area contributed by atoms with Crippen molar-refractivity contribution in [2.45, 2.75) is 38.8 Å². The summed E-state index contributed by atoms with van der Waals surface area (Å²) in [5.41, 5.74) is 1.66. The predicted octanol–water partition coefficient (Wildman–Crippen LogP) is 4.38. The molecule has 11 nitrogen and oxygen atoms in total. The van der Waals surface area contributed by atoms with Gasteiger partial charge in [-0.2, -0.15) is 0 Å². The average Bonchev–Trinajstić information content (AvgIpc) is 2.97. The number of rotatable bonds is 12. The van der Waals surface area contributed by atoms with E-state index in [1.54, 1.807) is 25.1 Å². The Bertz CT molecular complexity index is 1290. The van der Waals surface area contributed by atoms with Crippen molar-refractivity contribution in [3.8, 4) is 5.75 Å². The van der Waals surface area contributed by atoms with Gasteiger partial charge in [0.1, 0.15) is 0 Å². The summed E-state index contributed by atoms with van der Waals surface area (Å²) in [5, 5.41) is 15.5. The monoisotopic (exact) mass is 606 g/mol. The maximum atomic E-state index is 13.2. The van der Waals surface area contributed by atoms with Gasteiger partial charge in [-0.25, -0.2) is 14.8 Å². The van der Waals surface area contributed by atoms with Crippen LogP contribution in [0.15, 0.2) is 48.3 Å². The number of carbonyl (C=O) groups is 1. The molecule has 0 amide bonds.